The zero-order chi connectivity index (χ0) is 18.9. The number of hydrogen-bond donors (Lipinski definition) is 1. The number of para-hydroxylation sites is 1. The molecule has 3 nitrogen and oxygen atoms in total. The van der Waals surface area contributed by atoms with Crippen molar-refractivity contribution >= 4 is 0 Å². The van der Waals surface area contributed by atoms with Gasteiger partial charge in [0.25, 0.3) is 0 Å². The van der Waals surface area contributed by atoms with Gasteiger partial charge < -0.3 is 10.5 Å². The van der Waals surface area contributed by atoms with E-state index in [1.165, 1.54) is 37.7 Å². The quantitative estimate of drug-likeness (QED) is 0.829. The monoisotopic (exact) mass is 378 g/mol. The van der Waals surface area contributed by atoms with Gasteiger partial charge in [0.1, 0.15) is 11.9 Å². The van der Waals surface area contributed by atoms with Crippen LogP contribution in [0.15, 0.2) is 48.6 Å². The molecule has 2 N–H and O–H groups in total. The second-order valence-corrected chi connectivity index (χ2v) is 9.29. The minimum Gasteiger partial charge on any atom is -0.488 e. The molecule has 2 saturated carbocycles. The normalized spacial score (nSPS) is 34.0. The molecule has 2 unspecified atom stereocenters. The summed E-state index contributed by atoms with van der Waals surface area (Å²) in [4.78, 5) is 2.67. The minimum atomic E-state index is 0.239. The van der Waals surface area contributed by atoms with Crippen molar-refractivity contribution in [3.63, 3.8) is 0 Å². The first-order valence-corrected chi connectivity index (χ1v) is 11.4. The van der Waals surface area contributed by atoms with Crippen LogP contribution in [0.2, 0.25) is 0 Å². The lowest BCUT2D eigenvalue weighted by molar-refractivity contribution is 0.0573. The van der Waals surface area contributed by atoms with Crippen molar-refractivity contribution in [3.05, 3.63) is 54.1 Å². The van der Waals surface area contributed by atoms with Gasteiger partial charge >= 0.3 is 0 Å². The van der Waals surface area contributed by atoms with Gasteiger partial charge in [-0.2, -0.15) is 0 Å². The zero-order valence-electron chi connectivity index (χ0n) is 16.9. The van der Waals surface area contributed by atoms with Gasteiger partial charge in [-0.05, 0) is 55.6 Å². The topological polar surface area (TPSA) is 38.5 Å². The van der Waals surface area contributed by atoms with E-state index in [-0.39, 0.29) is 6.10 Å². The van der Waals surface area contributed by atoms with Gasteiger partial charge in [-0.15, -0.1) is 0 Å². The summed E-state index contributed by atoms with van der Waals surface area (Å²) in [5.74, 6) is 2.92. The average molecular weight is 379 g/mol. The number of likely N-dealkylation sites (tertiary alicyclic amines) is 1. The van der Waals surface area contributed by atoms with Crippen LogP contribution >= 0.6 is 0 Å². The number of hydrogen-bond acceptors (Lipinski definition) is 3. The Hall–Kier alpha value is -1.58. The number of piperidine rings is 1. The highest BCUT2D eigenvalue weighted by Crippen LogP contribution is 2.44. The molecular formula is C25H34N2O. The fourth-order valence-corrected chi connectivity index (χ4v) is 6.00. The van der Waals surface area contributed by atoms with E-state index in [9.17, 15) is 0 Å². The second kappa shape index (κ2) is 8.04. The third-order valence-corrected chi connectivity index (χ3v) is 7.59. The van der Waals surface area contributed by atoms with Gasteiger partial charge in [-0.1, -0.05) is 55.3 Å². The Bertz CT molecular complexity index is 728. The third-order valence-electron chi connectivity index (χ3n) is 7.59. The molecule has 1 aromatic rings. The van der Waals surface area contributed by atoms with E-state index in [0.717, 1.165) is 31.7 Å². The Morgan fingerprint density at radius 2 is 1.68 bits per heavy atom. The molecular weight excluding hydrogens is 344 g/mol. The number of nitrogens with two attached hydrogens (primary N) is 1. The highest BCUT2D eigenvalue weighted by atomic mass is 16.5. The molecule has 3 aliphatic carbocycles. The zero-order valence-corrected chi connectivity index (χ0v) is 16.9. The molecule has 1 saturated heterocycles. The maximum absolute atomic E-state index is 6.92. The van der Waals surface area contributed by atoms with Crippen molar-refractivity contribution in [2.24, 2.45) is 17.6 Å². The molecule has 0 radical (unpaired) electrons. The summed E-state index contributed by atoms with van der Waals surface area (Å²) in [6, 6.07) is 9.72. The van der Waals surface area contributed by atoms with Crippen molar-refractivity contribution in [2.45, 2.75) is 69.1 Å². The van der Waals surface area contributed by atoms with Gasteiger partial charge in [0.2, 0.25) is 0 Å². The number of allylic oxidation sites excluding steroid dienone is 3. The molecule has 0 amide bonds. The molecule has 0 bridgehead atoms. The maximum Gasteiger partial charge on any atom is 0.123 e. The van der Waals surface area contributed by atoms with E-state index in [4.69, 9.17) is 10.5 Å². The lowest BCUT2D eigenvalue weighted by Crippen LogP contribution is -2.50. The maximum atomic E-state index is 6.92. The Morgan fingerprint density at radius 1 is 0.929 bits per heavy atom. The lowest BCUT2D eigenvalue weighted by Gasteiger charge is -2.38. The number of fused-ring (bicyclic) bond motifs is 1. The van der Waals surface area contributed by atoms with Gasteiger partial charge in [-0.3, -0.25) is 4.90 Å². The fourth-order valence-electron chi connectivity index (χ4n) is 6.00. The molecule has 3 fully saturated rings. The van der Waals surface area contributed by atoms with Crippen molar-refractivity contribution in [1.82, 2.24) is 4.90 Å². The fraction of sp³-hybridized carbons (Fsp3) is 0.600. The van der Waals surface area contributed by atoms with E-state index < -0.39 is 0 Å². The Morgan fingerprint density at radius 3 is 2.50 bits per heavy atom. The first-order chi connectivity index (χ1) is 13.8. The highest BCUT2D eigenvalue weighted by molar-refractivity contribution is 5.37. The van der Waals surface area contributed by atoms with Crippen LogP contribution in [-0.4, -0.2) is 36.2 Å². The van der Waals surface area contributed by atoms with E-state index in [2.05, 4.69) is 53.5 Å². The van der Waals surface area contributed by atoms with Gasteiger partial charge in [0.05, 0.1) is 0 Å². The molecule has 5 rings (SSSR count). The van der Waals surface area contributed by atoms with E-state index in [1.807, 2.05) is 0 Å². The molecule has 1 aromatic carbocycles. The summed E-state index contributed by atoms with van der Waals surface area (Å²) in [6.07, 6.45) is 18.2. The second-order valence-electron chi connectivity index (χ2n) is 9.29. The van der Waals surface area contributed by atoms with Crippen LogP contribution in [0.3, 0.4) is 0 Å². The summed E-state index contributed by atoms with van der Waals surface area (Å²) < 4.78 is 6.92. The lowest BCUT2D eigenvalue weighted by atomic mass is 9.90. The molecule has 0 spiro atoms. The molecule has 28 heavy (non-hydrogen) atoms. The van der Waals surface area contributed by atoms with Crippen molar-refractivity contribution in [1.29, 1.82) is 0 Å². The molecule has 4 atom stereocenters. The summed E-state index contributed by atoms with van der Waals surface area (Å²) in [5.41, 5.74) is 7.62. The number of nitrogens with zero attached hydrogens (tertiary/aromatic N) is 1. The predicted molar refractivity (Wildman–Crippen MR) is 115 cm³/mol. The van der Waals surface area contributed by atoms with Crippen LogP contribution in [0.4, 0.5) is 0 Å². The van der Waals surface area contributed by atoms with Gasteiger partial charge in [0.15, 0.2) is 0 Å². The van der Waals surface area contributed by atoms with Crippen LogP contribution in [0.25, 0.3) is 0 Å². The largest absolute Gasteiger partial charge is 0.488 e. The van der Waals surface area contributed by atoms with Crippen LogP contribution in [0, 0.1) is 11.8 Å². The first kappa shape index (κ1) is 18.4. The SMILES string of the molecule is NC1CCN([C@@H]2CC3C=CC=CC3[C@H]2Oc2ccccc2C2CCCC2)CC1. The Kier molecular flexibility index (Phi) is 5.30. The molecule has 150 valence electrons. The first-order valence-electron chi connectivity index (χ1n) is 11.4. The Labute approximate surface area is 169 Å². The number of ether oxygens (including phenoxy) is 1. The van der Waals surface area contributed by atoms with Crippen molar-refractivity contribution in [3.8, 4) is 5.75 Å². The van der Waals surface area contributed by atoms with E-state index in [0.29, 0.717) is 29.8 Å². The highest BCUT2D eigenvalue weighted by Gasteiger charge is 2.46. The van der Waals surface area contributed by atoms with Crippen LogP contribution in [0.1, 0.15) is 56.4 Å². The standard InChI is InChI=1S/C25H34N2O/c26-20-13-15-27(16-14-20)23-17-19-9-3-4-11-22(19)25(23)28-24-12-6-5-10-21(24)18-7-1-2-8-18/h3-6,9-12,18-20,22-23,25H,1-2,7-8,13-17,26H2/t19?,22?,23-,25-/m1/s1. The molecule has 1 aliphatic heterocycles. The van der Waals surface area contributed by atoms with Crippen LogP contribution in [-0.2, 0) is 0 Å². The van der Waals surface area contributed by atoms with Crippen LogP contribution in [0.5, 0.6) is 5.75 Å². The van der Waals surface area contributed by atoms with E-state index >= 15 is 0 Å². The third kappa shape index (κ3) is 3.55. The average Bonchev–Trinajstić information content (AvgIpc) is 3.38. The van der Waals surface area contributed by atoms with E-state index in [1.54, 1.807) is 0 Å². The molecule has 4 aliphatic rings. The van der Waals surface area contributed by atoms with Gasteiger partial charge in [0, 0.05) is 31.1 Å². The smallest absolute Gasteiger partial charge is 0.123 e. The molecule has 0 aromatic heterocycles. The number of rotatable bonds is 4. The van der Waals surface area contributed by atoms with Crippen LogP contribution < -0.4 is 10.5 Å². The van der Waals surface area contributed by atoms with Crippen molar-refractivity contribution < 1.29 is 4.74 Å². The molecule has 3 heteroatoms. The van der Waals surface area contributed by atoms with Crippen molar-refractivity contribution in [2.75, 3.05) is 13.1 Å². The predicted octanol–water partition coefficient (Wildman–Crippen LogP) is 4.65. The summed E-state index contributed by atoms with van der Waals surface area (Å²) in [7, 11) is 0. The molecule has 1 heterocycles. The summed E-state index contributed by atoms with van der Waals surface area (Å²) >= 11 is 0. The minimum absolute atomic E-state index is 0.239. The Balaban J connectivity index is 1.41. The van der Waals surface area contributed by atoms with Gasteiger partial charge in [-0.25, -0.2) is 0 Å². The summed E-state index contributed by atoms with van der Waals surface area (Å²) in [6.45, 7) is 2.23. The number of benzene rings is 1. The summed E-state index contributed by atoms with van der Waals surface area (Å²) in [5, 5.41) is 0.